The van der Waals surface area contributed by atoms with Gasteiger partial charge in [-0.3, -0.25) is 9.59 Å². The molecule has 0 spiro atoms. The van der Waals surface area contributed by atoms with Gasteiger partial charge in [0.25, 0.3) is 11.8 Å². The van der Waals surface area contributed by atoms with E-state index < -0.39 is 30.4 Å². The Morgan fingerprint density at radius 1 is 1.03 bits per heavy atom. The molecule has 0 saturated carbocycles. The van der Waals surface area contributed by atoms with Crippen LogP contribution in [0.2, 0.25) is 5.02 Å². The van der Waals surface area contributed by atoms with Gasteiger partial charge in [-0.2, -0.15) is 0 Å². The van der Waals surface area contributed by atoms with E-state index in [0.717, 1.165) is 11.1 Å². The number of amides is 2. The molecule has 1 atom stereocenters. The van der Waals surface area contributed by atoms with Crippen molar-refractivity contribution in [3.8, 4) is 0 Å². The Hall–Kier alpha value is -2.86. The van der Waals surface area contributed by atoms with Gasteiger partial charge in [-0.05, 0) is 36.1 Å². The summed E-state index contributed by atoms with van der Waals surface area (Å²) < 4.78 is 5.11. The lowest BCUT2D eigenvalue weighted by atomic mass is 10.0. The van der Waals surface area contributed by atoms with E-state index in [1.54, 1.807) is 38.1 Å². The Labute approximate surface area is 175 Å². The summed E-state index contributed by atoms with van der Waals surface area (Å²) in [6, 6.07) is 13.3. The van der Waals surface area contributed by atoms with Gasteiger partial charge in [0.1, 0.15) is 6.04 Å². The summed E-state index contributed by atoms with van der Waals surface area (Å²) in [6.45, 7) is 5.43. The quantitative estimate of drug-likeness (QED) is 0.647. The zero-order chi connectivity index (χ0) is 21.4. The standard InChI is InChI=1S/C22H25ClN2O4/c1-14(2)20(25-21(27)17-10-6-7-11-18(17)23)22(28)29-13-19(26)24-12-16-9-5-4-8-15(16)3/h4-11,14,20H,12-13H2,1-3H3,(H,24,26)(H,25,27)/t20-/m0/s1. The number of carbonyl (C=O) groups is 3. The third-order valence-corrected chi connectivity index (χ3v) is 4.74. The van der Waals surface area contributed by atoms with Crippen LogP contribution in [0.4, 0.5) is 0 Å². The van der Waals surface area contributed by atoms with Gasteiger partial charge in [-0.25, -0.2) is 4.79 Å². The summed E-state index contributed by atoms with van der Waals surface area (Å²) >= 11 is 6.03. The summed E-state index contributed by atoms with van der Waals surface area (Å²) in [5, 5.41) is 5.64. The maximum absolute atomic E-state index is 12.4. The molecule has 2 rings (SSSR count). The molecule has 0 unspecified atom stereocenters. The molecular weight excluding hydrogens is 392 g/mol. The molecule has 7 heteroatoms. The van der Waals surface area contributed by atoms with Gasteiger partial charge in [0.2, 0.25) is 0 Å². The lowest BCUT2D eigenvalue weighted by Gasteiger charge is -2.21. The molecule has 0 saturated heterocycles. The van der Waals surface area contributed by atoms with Gasteiger partial charge in [0.05, 0.1) is 10.6 Å². The zero-order valence-corrected chi connectivity index (χ0v) is 17.5. The largest absolute Gasteiger partial charge is 0.454 e. The minimum atomic E-state index is -0.900. The first kappa shape index (κ1) is 22.4. The Morgan fingerprint density at radius 3 is 2.34 bits per heavy atom. The number of ether oxygens (including phenoxy) is 1. The van der Waals surface area contributed by atoms with E-state index >= 15 is 0 Å². The molecule has 2 amide bonds. The fraction of sp³-hybridized carbons (Fsp3) is 0.318. The zero-order valence-electron chi connectivity index (χ0n) is 16.7. The Balaban J connectivity index is 1.89. The van der Waals surface area contributed by atoms with E-state index in [4.69, 9.17) is 16.3 Å². The van der Waals surface area contributed by atoms with Crippen LogP contribution < -0.4 is 10.6 Å². The van der Waals surface area contributed by atoms with Gasteiger partial charge < -0.3 is 15.4 Å². The second-order valence-electron chi connectivity index (χ2n) is 6.99. The van der Waals surface area contributed by atoms with Crippen LogP contribution in [0.25, 0.3) is 0 Å². The minimum absolute atomic E-state index is 0.232. The van der Waals surface area contributed by atoms with Crippen molar-refractivity contribution >= 4 is 29.4 Å². The maximum atomic E-state index is 12.4. The maximum Gasteiger partial charge on any atom is 0.329 e. The normalized spacial score (nSPS) is 11.6. The van der Waals surface area contributed by atoms with Crippen molar-refractivity contribution in [2.75, 3.05) is 6.61 Å². The lowest BCUT2D eigenvalue weighted by molar-refractivity contribution is -0.151. The summed E-state index contributed by atoms with van der Waals surface area (Å²) in [5.74, 6) is -1.80. The van der Waals surface area contributed by atoms with Crippen LogP contribution in [0.15, 0.2) is 48.5 Å². The molecule has 2 aromatic carbocycles. The van der Waals surface area contributed by atoms with E-state index in [1.807, 2.05) is 31.2 Å². The molecular formula is C22H25ClN2O4. The van der Waals surface area contributed by atoms with Crippen molar-refractivity contribution in [1.82, 2.24) is 10.6 Å². The third kappa shape index (κ3) is 6.61. The van der Waals surface area contributed by atoms with Crippen molar-refractivity contribution in [2.45, 2.75) is 33.4 Å². The number of rotatable bonds is 8. The van der Waals surface area contributed by atoms with Gasteiger partial charge >= 0.3 is 5.97 Å². The SMILES string of the molecule is Cc1ccccc1CNC(=O)COC(=O)[C@@H](NC(=O)c1ccccc1Cl)C(C)C. The molecule has 0 aliphatic carbocycles. The topological polar surface area (TPSA) is 84.5 Å². The summed E-state index contributed by atoms with van der Waals surface area (Å²) in [4.78, 5) is 36.9. The lowest BCUT2D eigenvalue weighted by Crippen LogP contribution is -2.46. The first-order valence-electron chi connectivity index (χ1n) is 9.32. The molecule has 2 N–H and O–H groups in total. The van der Waals surface area contributed by atoms with Crippen LogP contribution in [-0.4, -0.2) is 30.4 Å². The van der Waals surface area contributed by atoms with E-state index in [2.05, 4.69) is 10.6 Å². The van der Waals surface area contributed by atoms with Crippen molar-refractivity contribution in [2.24, 2.45) is 5.92 Å². The van der Waals surface area contributed by atoms with Crippen molar-refractivity contribution in [3.05, 3.63) is 70.2 Å². The predicted octanol–water partition coefficient (Wildman–Crippen LogP) is 3.26. The Bertz CT molecular complexity index is 883. The highest BCUT2D eigenvalue weighted by Gasteiger charge is 2.27. The summed E-state index contributed by atoms with van der Waals surface area (Å²) in [7, 11) is 0. The molecule has 0 bridgehead atoms. The number of nitrogens with one attached hydrogen (secondary N) is 2. The molecule has 0 heterocycles. The van der Waals surface area contributed by atoms with Crippen LogP contribution in [0.1, 0.15) is 35.3 Å². The fourth-order valence-electron chi connectivity index (χ4n) is 2.64. The number of hydrogen-bond acceptors (Lipinski definition) is 4. The first-order chi connectivity index (χ1) is 13.8. The monoisotopic (exact) mass is 416 g/mol. The Morgan fingerprint density at radius 2 is 1.69 bits per heavy atom. The molecule has 0 aliphatic rings. The molecule has 0 fully saturated rings. The van der Waals surface area contributed by atoms with E-state index in [9.17, 15) is 14.4 Å². The van der Waals surface area contributed by atoms with Gasteiger partial charge in [-0.1, -0.05) is 61.8 Å². The van der Waals surface area contributed by atoms with Crippen LogP contribution in [0.5, 0.6) is 0 Å². The number of hydrogen-bond donors (Lipinski definition) is 2. The minimum Gasteiger partial charge on any atom is -0.454 e. The summed E-state index contributed by atoms with van der Waals surface area (Å²) in [6.07, 6.45) is 0. The fourth-order valence-corrected chi connectivity index (χ4v) is 2.86. The van der Waals surface area contributed by atoms with E-state index in [-0.39, 0.29) is 16.5 Å². The van der Waals surface area contributed by atoms with Gasteiger partial charge in [0.15, 0.2) is 6.61 Å². The highest BCUT2D eigenvalue weighted by atomic mass is 35.5. The summed E-state index contributed by atoms with van der Waals surface area (Å²) in [5.41, 5.74) is 2.31. The number of benzene rings is 2. The van der Waals surface area contributed by atoms with E-state index in [0.29, 0.717) is 6.54 Å². The van der Waals surface area contributed by atoms with Gasteiger partial charge in [-0.15, -0.1) is 0 Å². The second-order valence-corrected chi connectivity index (χ2v) is 7.39. The Kier molecular flexibility index (Phi) is 8.21. The van der Waals surface area contributed by atoms with Crippen LogP contribution in [0.3, 0.4) is 0 Å². The average Bonchev–Trinajstić information content (AvgIpc) is 2.69. The predicted molar refractivity (Wildman–Crippen MR) is 112 cm³/mol. The van der Waals surface area contributed by atoms with Gasteiger partial charge in [0, 0.05) is 6.54 Å². The number of aryl methyl sites for hydroxylation is 1. The molecule has 2 aromatic rings. The number of halogens is 1. The number of esters is 1. The van der Waals surface area contributed by atoms with Crippen LogP contribution in [0, 0.1) is 12.8 Å². The van der Waals surface area contributed by atoms with Crippen molar-refractivity contribution in [3.63, 3.8) is 0 Å². The third-order valence-electron chi connectivity index (χ3n) is 4.41. The first-order valence-corrected chi connectivity index (χ1v) is 9.70. The number of carbonyl (C=O) groups excluding carboxylic acids is 3. The van der Waals surface area contributed by atoms with Crippen LogP contribution >= 0.6 is 11.6 Å². The van der Waals surface area contributed by atoms with Crippen molar-refractivity contribution in [1.29, 1.82) is 0 Å². The highest BCUT2D eigenvalue weighted by molar-refractivity contribution is 6.33. The average molecular weight is 417 g/mol. The molecule has 29 heavy (non-hydrogen) atoms. The molecule has 0 aliphatic heterocycles. The highest BCUT2D eigenvalue weighted by Crippen LogP contribution is 2.16. The van der Waals surface area contributed by atoms with Crippen molar-refractivity contribution < 1.29 is 19.1 Å². The van der Waals surface area contributed by atoms with E-state index in [1.165, 1.54) is 0 Å². The second kappa shape index (κ2) is 10.6. The molecule has 0 radical (unpaired) electrons. The molecule has 154 valence electrons. The smallest absolute Gasteiger partial charge is 0.329 e. The molecule has 6 nitrogen and oxygen atoms in total. The molecule has 0 aromatic heterocycles. The van der Waals surface area contributed by atoms with Crippen LogP contribution in [-0.2, 0) is 20.9 Å².